The lowest BCUT2D eigenvalue weighted by atomic mass is 9.85. The van der Waals surface area contributed by atoms with E-state index in [0.29, 0.717) is 5.56 Å². The minimum atomic E-state index is -0.617. The maximum atomic E-state index is 10.7. The molecular weight excluding hydrogens is 252 g/mol. The van der Waals surface area contributed by atoms with Gasteiger partial charge in [0.05, 0.1) is 17.7 Å². The van der Waals surface area contributed by atoms with Gasteiger partial charge in [0.25, 0.3) is 0 Å². The van der Waals surface area contributed by atoms with E-state index >= 15 is 0 Å². The van der Waals surface area contributed by atoms with Gasteiger partial charge in [0.2, 0.25) is 0 Å². The van der Waals surface area contributed by atoms with Crippen LogP contribution in [0.25, 0.3) is 0 Å². The predicted molar refractivity (Wildman–Crippen MR) is 75.4 cm³/mol. The molecular formula is C16H20N2O2. The highest BCUT2D eigenvalue weighted by molar-refractivity contribution is 5.46. The van der Waals surface area contributed by atoms with Crippen LogP contribution in [-0.2, 0) is 0 Å². The highest BCUT2D eigenvalue weighted by atomic mass is 16.5. The summed E-state index contributed by atoms with van der Waals surface area (Å²) in [5.74, 6) is 0.788. The standard InChI is InChI=1S/C16H20N2O2/c1-16(2)15(19)14(18-7-3-4-8-18)12-9-11(10-17)5-6-13(12)20-16/h5-6,9,14-15,19H,3-4,7-8H2,1-2H3/t14-,15+/m1/s1. The number of aliphatic hydroxyl groups excluding tert-OH is 1. The Morgan fingerprint density at radius 2 is 2.05 bits per heavy atom. The van der Waals surface area contributed by atoms with Crippen molar-refractivity contribution in [3.05, 3.63) is 29.3 Å². The summed E-state index contributed by atoms with van der Waals surface area (Å²) in [5.41, 5.74) is 0.940. The van der Waals surface area contributed by atoms with Crippen LogP contribution in [0.2, 0.25) is 0 Å². The van der Waals surface area contributed by atoms with Crippen LogP contribution in [0.15, 0.2) is 18.2 Å². The van der Waals surface area contributed by atoms with E-state index in [1.807, 2.05) is 26.0 Å². The number of ether oxygens (including phenoxy) is 1. The Kier molecular flexibility index (Phi) is 3.19. The van der Waals surface area contributed by atoms with Gasteiger partial charge in [0.15, 0.2) is 0 Å². The van der Waals surface area contributed by atoms with E-state index in [0.717, 1.165) is 37.2 Å². The van der Waals surface area contributed by atoms with Gasteiger partial charge >= 0.3 is 0 Å². The van der Waals surface area contributed by atoms with Crippen molar-refractivity contribution in [3.63, 3.8) is 0 Å². The van der Waals surface area contributed by atoms with Crippen LogP contribution in [-0.4, -0.2) is 34.8 Å². The lowest BCUT2D eigenvalue weighted by Gasteiger charge is -2.45. The molecule has 1 N–H and O–H groups in total. The molecule has 1 aromatic rings. The highest BCUT2D eigenvalue weighted by Gasteiger charge is 2.45. The zero-order valence-electron chi connectivity index (χ0n) is 12.0. The molecule has 2 aliphatic rings. The van der Waals surface area contributed by atoms with Crippen molar-refractivity contribution in [3.8, 4) is 11.8 Å². The Labute approximate surface area is 119 Å². The normalized spacial score (nSPS) is 28.5. The summed E-state index contributed by atoms with van der Waals surface area (Å²) in [7, 11) is 0. The first-order valence-corrected chi connectivity index (χ1v) is 7.18. The molecule has 106 valence electrons. The lowest BCUT2D eigenvalue weighted by Crippen LogP contribution is -2.53. The van der Waals surface area contributed by atoms with Gasteiger partial charge in [-0.15, -0.1) is 0 Å². The number of rotatable bonds is 1. The second-order valence-electron chi connectivity index (χ2n) is 6.20. The Bertz CT molecular complexity index is 556. The Hall–Kier alpha value is -1.57. The molecule has 1 aromatic carbocycles. The number of aliphatic hydroxyl groups is 1. The van der Waals surface area contributed by atoms with Crippen molar-refractivity contribution in [2.45, 2.75) is 44.4 Å². The van der Waals surface area contributed by atoms with Crippen molar-refractivity contribution in [2.75, 3.05) is 13.1 Å². The number of fused-ring (bicyclic) bond motifs is 1. The van der Waals surface area contributed by atoms with Gasteiger partial charge in [-0.3, -0.25) is 4.90 Å². The second kappa shape index (κ2) is 4.76. The summed E-state index contributed by atoms with van der Waals surface area (Å²) in [4.78, 5) is 2.31. The number of benzene rings is 1. The lowest BCUT2D eigenvalue weighted by molar-refractivity contribution is -0.0895. The first-order chi connectivity index (χ1) is 9.53. The third-order valence-electron chi connectivity index (χ3n) is 4.38. The van der Waals surface area contributed by atoms with E-state index in [-0.39, 0.29) is 6.04 Å². The molecule has 0 aliphatic carbocycles. The molecule has 2 atom stereocenters. The Morgan fingerprint density at radius 3 is 2.70 bits per heavy atom. The molecule has 0 spiro atoms. The SMILES string of the molecule is CC1(C)Oc2ccc(C#N)cc2[C@@H](N2CCCC2)[C@@H]1O. The number of hydrogen-bond acceptors (Lipinski definition) is 4. The topological polar surface area (TPSA) is 56.5 Å². The fourth-order valence-corrected chi connectivity index (χ4v) is 3.25. The van der Waals surface area contributed by atoms with E-state index in [9.17, 15) is 5.11 Å². The molecule has 0 aromatic heterocycles. The number of likely N-dealkylation sites (tertiary alicyclic amines) is 1. The van der Waals surface area contributed by atoms with Gasteiger partial charge in [-0.2, -0.15) is 5.26 Å². The van der Waals surface area contributed by atoms with Crippen LogP contribution in [0.3, 0.4) is 0 Å². The third-order valence-corrected chi connectivity index (χ3v) is 4.38. The maximum Gasteiger partial charge on any atom is 0.131 e. The second-order valence-corrected chi connectivity index (χ2v) is 6.20. The Balaban J connectivity index is 2.09. The minimum absolute atomic E-state index is 0.0791. The molecule has 4 heteroatoms. The van der Waals surface area contributed by atoms with Gasteiger partial charge in [0.1, 0.15) is 17.5 Å². The average Bonchev–Trinajstić information content (AvgIpc) is 2.93. The molecule has 0 radical (unpaired) electrons. The quantitative estimate of drug-likeness (QED) is 0.851. The fourth-order valence-electron chi connectivity index (χ4n) is 3.25. The molecule has 0 unspecified atom stereocenters. The molecule has 2 heterocycles. The van der Waals surface area contributed by atoms with Crippen molar-refractivity contribution in [1.82, 2.24) is 4.90 Å². The van der Waals surface area contributed by atoms with Crippen LogP contribution in [0.1, 0.15) is 43.9 Å². The van der Waals surface area contributed by atoms with Gasteiger partial charge in [-0.05, 0) is 58.0 Å². The summed E-state index contributed by atoms with van der Waals surface area (Å²) < 4.78 is 5.93. The number of nitriles is 1. The summed E-state index contributed by atoms with van der Waals surface area (Å²) >= 11 is 0. The van der Waals surface area contributed by atoms with E-state index in [4.69, 9.17) is 10.00 Å². The van der Waals surface area contributed by atoms with E-state index in [1.54, 1.807) is 6.07 Å². The third kappa shape index (κ3) is 2.07. The molecule has 0 saturated carbocycles. The zero-order chi connectivity index (χ0) is 14.3. The highest BCUT2D eigenvalue weighted by Crippen LogP contribution is 2.44. The van der Waals surface area contributed by atoms with Crippen molar-refractivity contribution < 1.29 is 9.84 Å². The van der Waals surface area contributed by atoms with Crippen LogP contribution < -0.4 is 4.74 Å². The van der Waals surface area contributed by atoms with E-state index < -0.39 is 11.7 Å². The predicted octanol–water partition coefficient (Wildman–Crippen LogP) is 2.23. The maximum absolute atomic E-state index is 10.7. The largest absolute Gasteiger partial charge is 0.485 e. The fraction of sp³-hybridized carbons (Fsp3) is 0.562. The first-order valence-electron chi connectivity index (χ1n) is 7.18. The molecule has 4 nitrogen and oxygen atoms in total. The smallest absolute Gasteiger partial charge is 0.131 e. The van der Waals surface area contributed by atoms with Crippen LogP contribution in [0, 0.1) is 11.3 Å². The van der Waals surface area contributed by atoms with Crippen LogP contribution in [0.5, 0.6) is 5.75 Å². The number of nitrogens with zero attached hydrogens (tertiary/aromatic N) is 2. The van der Waals surface area contributed by atoms with Crippen LogP contribution in [0.4, 0.5) is 0 Å². The molecule has 2 aliphatic heterocycles. The first kappa shape index (κ1) is 13.4. The summed E-state index contributed by atoms with van der Waals surface area (Å²) in [6.45, 7) is 5.83. The van der Waals surface area contributed by atoms with Crippen LogP contribution >= 0.6 is 0 Å². The number of hydrogen-bond donors (Lipinski definition) is 1. The van der Waals surface area contributed by atoms with Gasteiger partial charge in [-0.1, -0.05) is 0 Å². The molecule has 20 heavy (non-hydrogen) atoms. The molecule has 1 fully saturated rings. The van der Waals surface area contributed by atoms with Gasteiger partial charge in [-0.25, -0.2) is 0 Å². The van der Waals surface area contributed by atoms with E-state index in [1.165, 1.54) is 0 Å². The summed E-state index contributed by atoms with van der Waals surface area (Å²) in [6, 6.07) is 7.57. The Morgan fingerprint density at radius 1 is 1.35 bits per heavy atom. The van der Waals surface area contributed by atoms with Gasteiger partial charge < -0.3 is 9.84 Å². The molecule has 0 amide bonds. The van der Waals surface area contributed by atoms with E-state index in [2.05, 4.69) is 11.0 Å². The minimum Gasteiger partial charge on any atom is -0.485 e. The van der Waals surface area contributed by atoms with Crippen molar-refractivity contribution >= 4 is 0 Å². The van der Waals surface area contributed by atoms with Crippen molar-refractivity contribution in [1.29, 1.82) is 5.26 Å². The van der Waals surface area contributed by atoms with Gasteiger partial charge in [0, 0.05) is 5.56 Å². The molecule has 0 bridgehead atoms. The zero-order valence-corrected chi connectivity index (χ0v) is 12.0. The monoisotopic (exact) mass is 272 g/mol. The molecule has 3 rings (SSSR count). The summed E-state index contributed by atoms with van der Waals surface area (Å²) in [5, 5.41) is 19.8. The average molecular weight is 272 g/mol. The molecule has 1 saturated heterocycles. The van der Waals surface area contributed by atoms with Crippen molar-refractivity contribution in [2.24, 2.45) is 0 Å². The summed E-state index contributed by atoms with van der Waals surface area (Å²) in [6.07, 6.45) is 1.73.